The van der Waals surface area contributed by atoms with Gasteiger partial charge in [0.25, 0.3) is 0 Å². The van der Waals surface area contributed by atoms with Crippen LogP contribution in [0.2, 0.25) is 0 Å². The first-order valence-electron chi connectivity index (χ1n) is 6.96. The Hall–Kier alpha value is -0.530. The van der Waals surface area contributed by atoms with Gasteiger partial charge in [0.2, 0.25) is 0 Å². The number of hydrogen-bond acceptors (Lipinski definition) is 1. The molecule has 16 heavy (non-hydrogen) atoms. The fraction of sp³-hybridized carbons (Fsp3) is 0.929. The predicted molar refractivity (Wildman–Crippen MR) is 66.5 cm³/mol. The van der Waals surface area contributed by atoms with Crippen molar-refractivity contribution in [2.45, 2.75) is 71.1 Å². The molecule has 0 aromatic rings. The molecule has 0 aromatic carbocycles. The Bertz CT molecular complexity index is 201. The highest BCUT2D eigenvalue weighted by Crippen LogP contribution is 2.32. The molecule has 2 unspecified atom stereocenters. The lowest BCUT2D eigenvalue weighted by Crippen LogP contribution is -2.22. The molecule has 2 atom stereocenters. The van der Waals surface area contributed by atoms with Crippen LogP contribution in [0.4, 0.5) is 0 Å². The predicted octanol–water partition coefficient (Wildman–Crippen LogP) is 4.24. The van der Waals surface area contributed by atoms with E-state index in [0.29, 0.717) is 5.92 Å². The van der Waals surface area contributed by atoms with Crippen LogP contribution in [0.3, 0.4) is 0 Å². The zero-order chi connectivity index (χ0) is 11.8. The van der Waals surface area contributed by atoms with Crippen molar-refractivity contribution in [2.24, 2.45) is 11.8 Å². The number of aliphatic carboxylic acids is 1. The van der Waals surface area contributed by atoms with Gasteiger partial charge in [0.1, 0.15) is 0 Å². The second-order valence-corrected chi connectivity index (χ2v) is 5.27. The smallest absolute Gasteiger partial charge is 0.306 e. The van der Waals surface area contributed by atoms with E-state index in [9.17, 15) is 4.79 Å². The van der Waals surface area contributed by atoms with Crippen LogP contribution in [-0.4, -0.2) is 11.1 Å². The summed E-state index contributed by atoms with van der Waals surface area (Å²) in [4.78, 5) is 10.9. The number of carboxylic acids is 1. The van der Waals surface area contributed by atoms with Gasteiger partial charge < -0.3 is 5.11 Å². The van der Waals surface area contributed by atoms with Crippen LogP contribution >= 0.6 is 0 Å². The summed E-state index contributed by atoms with van der Waals surface area (Å²) in [5.74, 6) is 0.0709. The zero-order valence-electron chi connectivity index (χ0n) is 10.6. The van der Waals surface area contributed by atoms with Crippen LogP contribution < -0.4 is 0 Å². The molecule has 0 aromatic heterocycles. The standard InChI is InChI=1S/C14H26O2/c1-2-3-4-5-6-8-12-9-7-10-13(11-12)14(15)16/h12-13H,2-11H2,1H3,(H,15,16). The Kier molecular flexibility index (Phi) is 6.51. The van der Waals surface area contributed by atoms with Gasteiger partial charge in [0.05, 0.1) is 5.92 Å². The average molecular weight is 226 g/mol. The Morgan fingerprint density at radius 2 is 1.94 bits per heavy atom. The number of unbranched alkanes of at least 4 members (excludes halogenated alkanes) is 4. The van der Waals surface area contributed by atoms with Crippen LogP contribution in [0, 0.1) is 11.8 Å². The molecular weight excluding hydrogens is 200 g/mol. The van der Waals surface area contributed by atoms with Crippen LogP contribution in [0.15, 0.2) is 0 Å². The van der Waals surface area contributed by atoms with Crippen molar-refractivity contribution in [1.29, 1.82) is 0 Å². The normalized spacial score (nSPS) is 25.6. The van der Waals surface area contributed by atoms with Crippen molar-refractivity contribution in [3.63, 3.8) is 0 Å². The highest BCUT2D eigenvalue weighted by molar-refractivity contribution is 5.70. The van der Waals surface area contributed by atoms with Gasteiger partial charge in [-0.25, -0.2) is 0 Å². The van der Waals surface area contributed by atoms with Gasteiger partial charge in [-0.3, -0.25) is 4.79 Å². The molecule has 0 bridgehead atoms. The van der Waals surface area contributed by atoms with Gasteiger partial charge in [0, 0.05) is 0 Å². The van der Waals surface area contributed by atoms with Crippen molar-refractivity contribution in [2.75, 3.05) is 0 Å². The Labute approximate surface area is 99.4 Å². The molecule has 2 nitrogen and oxygen atoms in total. The third kappa shape index (κ3) is 5.00. The van der Waals surface area contributed by atoms with Gasteiger partial charge in [-0.05, 0) is 18.8 Å². The Morgan fingerprint density at radius 1 is 1.19 bits per heavy atom. The largest absolute Gasteiger partial charge is 0.481 e. The molecule has 0 amide bonds. The van der Waals surface area contributed by atoms with E-state index in [1.165, 1.54) is 44.9 Å². The van der Waals surface area contributed by atoms with Crippen molar-refractivity contribution in [3.8, 4) is 0 Å². The third-order valence-electron chi connectivity index (χ3n) is 3.85. The minimum Gasteiger partial charge on any atom is -0.481 e. The first kappa shape index (κ1) is 13.5. The minimum absolute atomic E-state index is 0.0469. The lowest BCUT2D eigenvalue weighted by Gasteiger charge is -2.26. The van der Waals surface area contributed by atoms with Gasteiger partial charge >= 0.3 is 5.97 Å². The SMILES string of the molecule is CCCCCCCC1CCCC(C(=O)O)C1. The van der Waals surface area contributed by atoms with E-state index >= 15 is 0 Å². The molecule has 0 heterocycles. The van der Waals surface area contributed by atoms with Crippen molar-refractivity contribution < 1.29 is 9.90 Å². The third-order valence-corrected chi connectivity index (χ3v) is 3.85. The van der Waals surface area contributed by atoms with Crippen LogP contribution in [0.1, 0.15) is 71.1 Å². The summed E-state index contributed by atoms with van der Waals surface area (Å²) < 4.78 is 0. The van der Waals surface area contributed by atoms with Gasteiger partial charge in [-0.1, -0.05) is 58.3 Å². The van der Waals surface area contributed by atoms with Crippen LogP contribution in [0.25, 0.3) is 0 Å². The van der Waals surface area contributed by atoms with Crippen LogP contribution in [0.5, 0.6) is 0 Å². The maximum absolute atomic E-state index is 10.9. The van der Waals surface area contributed by atoms with Crippen molar-refractivity contribution >= 4 is 5.97 Å². The lowest BCUT2D eigenvalue weighted by molar-refractivity contribution is -0.143. The summed E-state index contributed by atoms with van der Waals surface area (Å²) in [7, 11) is 0. The molecule has 1 aliphatic carbocycles. The number of hydrogen-bond donors (Lipinski definition) is 1. The molecule has 1 rings (SSSR count). The molecule has 0 radical (unpaired) electrons. The number of carboxylic acid groups (broad SMARTS) is 1. The van der Waals surface area contributed by atoms with E-state index < -0.39 is 5.97 Å². The summed E-state index contributed by atoms with van der Waals surface area (Å²) in [5.41, 5.74) is 0. The first-order chi connectivity index (χ1) is 7.74. The molecule has 1 fully saturated rings. The van der Waals surface area contributed by atoms with Crippen molar-refractivity contribution in [3.05, 3.63) is 0 Å². The van der Waals surface area contributed by atoms with E-state index in [4.69, 9.17) is 5.11 Å². The molecule has 0 saturated heterocycles. The molecule has 1 saturated carbocycles. The summed E-state index contributed by atoms with van der Waals surface area (Å²) in [6, 6.07) is 0. The van der Waals surface area contributed by atoms with Gasteiger partial charge in [-0.2, -0.15) is 0 Å². The molecule has 0 aliphatic heterocycles. The maximum atomic E-state index is 10.9. The van der Waals surface area contributed by atoms with Gasteiger partial charge in [0.15, 0.2) is 0 Å². The van der Waals surface area contributed by atoms with E-state index in [1.54, 1.807) is 0 Å². The second kappa shape index (κ2) is 7.70. The number of rotatable bonds is 7. The fourth-order valence-corrected chi connectivity index (χ4v) is 2.81. The monoisotopic (exact) mass is 226 g/mol. The van der Waals surface area contributed by atoms with Crippen molar-refractivity contribution in [1.82, 2.24) is 0 Å². The summed E-state index contributed by atoms with van der Waals surface area (Å²) >= 11 is 0. The molecule has 1 aliphatic rings. The first-order valence-corrected chi connectivity index (χ1v) is 6.96. The minimum atomic E-state index is -0.573. The molecule has 1 N–H and O–H groups in total. The van der Waals surface area contributed by atoms with E-state index in [2.05, 4.69) is 6.92 Å². The van der Waals surface area contributed by atoms with Gasteiger partial charge in [-0.15, -0.1) is 0 Å². The van der Waals surface area contributed by atoms with E-state index in [0.717, 1.165) is 19.3 Å². The molecule has 94 valence electrons. The Balaban J connectivity index is 2.10. The zero-order valence-corrected chi connectivity index (χ0v) is 10.6. The maximum Gasteiger partial charge on any atom is 0.306 e. The number of carbonyl (C=O) groups is 1. The van der Waals surface area contributed by atoms with Crippen LogP contribution in [-0.2, 0) is 4.79 Å². The summed E-state index contributed by atoms with van der Waals surface area (Å²) in [6.07, 6.45) is 12.1. The average Bonchev–Trinajstić information content (AvgIpc) is 2.29. The second-order valence-electron chi connectivity index (χ2n) is 5.27. The van der Waals surface area contributed by atoms with E-state index in [-0.39, 0.29) is 5.92 Å². The lowest BCUT2D eigenvalue weighted by atomic mass is 9.79. The molecule has 0 spiro atoms. The fourth-order valence-electron chi connectivity index (χ4n) is 2.81. The quantitative estimate of drug-likeness (QED) is 0.659. The summed E-state index contributed by atoms with van der Waals surface area (Å²) in [5, 5.41) is 9.00. The van der Waals surface area contributed by atoms with E-state index in [1.807, 2.05) is 0 Å². The highest BCUT2D eigenvalue weighted by atomic mass is 16.4. The highest BCUT2D eigenvalue weighted by Gasteiger charge is 2.26. The topological polar surface area (TPSA) is 37.3 Å². The Morgan fingerprint density at radius 3 is 2.62 bits per heavy atom. The molecule has 2 heteroatoms. The molecular formula is C14H26O2. The summed E-state index contributed by atoms with van der Waals surface area (Å²) in [6.45, 7) is 2.23.